The summed E-state index contributed by atoms with van der Waals surface area (Å²) in [6, 6.07) is 86.6. The molecule has 0 aliphatic heterocycles. The molecule has 111 heavy (non-hydrogen) atoms. The Labute approximate surface area is 667 Å². The number of fused-ring (bicyclic) bond motifs is 17. The zero-order valence-corrected chi connectivity index (χ0v) is 59.4. The molecule has 0 bridgehead atoms. The molecule has 0 saturated heterocycles. The van der Waals surface area contributed by atoms with E-state index in [1.807, 2.05) is 170 Å². The first-order valence-corrected chi connectivity index (χ1v) is 36.8. The van der Waals surface area contributed by atoms with Crippen molar-refractivity contribution in [3.05, 3.63) is 399 Å². The van der Waals surface area contributed by atoms with Gasteiger partial charge < -0.3 is 8.83 Å². The molecule has 23 aromatic rings. The molecule has 21 aromatic carbocycles. The van der Waals surface area contributed by atoms with E-state index >= 15 is 0 Å². The van der Waals surface area contributed by atoms with Gasteiger partial charge in [-0.3, -0.25) is 0 Å². The minimum atomic E-state index is -0.445. The van der Waals surface area contributed by atoms with Gasteiger partial charge in [0.15, 0.2) is 0 Å². The lowest BCUT2D eigenvalue weighted by Gasteiger charge is -2.20. The first-order chi connectivity index (χ1) is 62.8. The predicted octanol–water partition coefficient (Wildman–Crippen LogP) is 31.2. The Hall–Kier alpha value is -14.4. The molecule has 2 aromatic heterocycles. The third-order valence-electron chi connectivity index (χ3n) is 22.1. The van der Waals surface area contributed by atoms with Crippen LogP contribution < -0.4 is 0 Å². The summed E-state index contributed by atoms with van der Waals surface area (Å²) in [4.78, 5) is 0. The van der Waals surface area contributed by atoms with Crippen LogP contribution in [0.15, 0.2) is 403 Å². The second-order valence-electron chi connectivity index (χ2n) is 28.2. The minimum Gasteiger partial charge on any atom is -0.455 e. The molecule has 23 rings (SSSR count). The van der Waals surface area contributed by atoms with E-state index in [0.717, 1.165) is 158 Å². The molecule has 0 aliphatic carbocycles. The van der Waals surface area contributed by atoms with Crippen LogP contribution >= 0.6 is 0 Å². The number of aryl methyl sites for hydroxylation is 1. The highest BCUT2D eigenvalue weighted by Gasteiger charge is 2.25. The number of benzene rings is 21. The van der Waals surface area contributed by atoms with Gasteiger partial charge in [0.2, 0.25) is 0 Å². The van der Waals surface area contributed by atoms with Crippen molar-refractivity contribution in [2.45, 2.75) is 6.92 Å². The van der Waals surface area contributed by atoms with E-state index in [1.165, 1.54) is 0 Å². The maximum absolute atomic E-state index is 9.08. The van der Waals surface area contributed by atoms with Crippen molar-refractivity contribution >= 4 is 141 Å². The third-order valence-corrected chi connectivity index (χ3v) is 22.1. The van der Waals surface area contributed by atoms with Gasteiger partial charge in [0, 0.05) is 32.7 Å². The van der Waals surface area contributed by atoms with Crippen molar-refractivity contribution in [3.63, 3.8) is 0 Å². The van der Waals surface area contributed by atoms with Crippen molar-refractivity contribution in [1.82, 2.24) is 0 Å². The first kappa shape index (κ1) is 47.3. The summed E-state index contributed by atoms with van der Waals surface area (Å²) >= 11 is 0. The largest absolute Gasteiger partial charge is 0.455 e. The molecular formula is C109H68O2. The van der Waals surface area contributed by atoms with E-state index in [-0.39, 0.29) is 101 Å². The summed E-state index contributed by atoms with van der Waals surface area (Å²) in [6.45, 7) is 2.08. The van der Waals surface area contributed by atoms with E-state index in [0.29, 0.717) is 60.7 Å². The Balaban J connectivity index is 0.000000153. The molecule has 0 amide bonds. The summed E-state index contributed by atoms with van der Waals surface area (Å²) in [5, 5.41) is 19.2. The SMILES string of the molecule is [2H]c1c([2H])c([2H])c(-c2c3ccccc3c(-c3cc4cc(-c5cccc6c5oc5cccc(-c7c([2H])c([2H])c([2H])c([2H])c7[2H])c56)ccc4c4cc(C)ccc34)c3ccccc23)c([2H])c1[2H].[2H]c1cc2cc([2H])c([2H])c(-c3cccc4oc5c(-c6ccc7c(c6)cc(-c6c8ccccc8c(-c8c([2H])c([2H])c([2H])c([2H])c8[2H])c8ccccc68)c6ccccc67)cccc5c34)c2cc1[2H]. The summed E-state index contributed by atoms with van der Waals surface area (Å²) in [5.74, 6) is 0. The van der Waals surface area contributed by atoms with Gasteiger partial charge in [0.25, 0.3) is 0 Å². The highest BCUT2D eigenvalue weighted by Crippen LogP contribution is 2.52. The van der Waals surface area contributed by atoms with Crippen molar-refractivity contribution in [2.75, 3.05) is 0 Å². The maximum atomic E-state index is 9.08. The fourth-order valence-electron chi connectivity index (χ4n) is 17.4. The zero-order valence-electron chi connectivity index (χ0n) is 78.4. The summed E-state index contributed by atoms with van der Waals surface area (Å²) in [7, 11) is 0. The van der Waals surface area contributed by atoms with Gasteiger partial charge in [-0.1, -0.05) is 363 Å². The minimum absolute atomic E-state index is 0.0363. The van der Waals surface area contributed by atoms with E-state index in [2.05, 4.69) is 85.8 Å². The molecule has 0 unspecified atom stereocenters. The van der Waals surface area contributed by atoms with Crippen molar-refractivity contribution < 1.29 is 34.9 Å². The average molecular weight is 1430 g/mol. The van der Waals surface area contributed by atoms with Crippen molar-refractivity contribution in [2.24, 2.45) is 0 Å². The molecule has 0 radical (unpaired) electrons. The van der Waals surface area contributed by atoms with Crippen LogP contribution in [0.3, 0.4) is 0 Å². The van der Waals surface area contributed by atoms with Crippen LogP contribution in [0.2, 0.25) is 0 Å². The summed E-state index contributed by atoms with van der Waals surface area (Å²) in [5.41, 5.74) is 14.3. The smallest absolute Gasteiger partial charge is 0.143 e. The molecule has 516 valence electrons. The van der Waals surface area contributed by atoms with Crippen LogP contribution in [0.25, 0.3) is 230 Å². The predicted molar refractivity (Wildman–Crippen MR) is 473 cm³/mol. The van der Waals surface area contributed by atoms with Crippen LogP contribution in [0.4, 0.5) is 0 Å². The Morgan fingerprint density at radius 3 is 1.10 bits per heavy atom. The molecule has 2 heteroatoms. The second kappa shape index (κ2) is 25.9. The quantitative estimate of drug-likeness (QED) is 0.112. The van der Waals surface area contributed by atoms with Crippen LogP contribution in [-0.4, -0.2) is 0 Å². The van der Waals surface area contributed by atoms with E-state index < -0.39 is 30.2 Å². The molecule has 0 fully saturated rings. The van der Waals surface area contributed by atoms with Gasteiger partial charge in [-0.05, 0) is 218 Å². The fraction of sp³-hybridized carbons (Fsp3) is 0.00917. The highest BCUT2D eigenvalue weighted by molar-refractivity contribution is 6.29. The van der Waals surface area contributed by atoms with Crippen LogP contribution in [0, 0.1) is 6.92 Å². The molecule has 2 heterocycles. The second-order valence-corrected chi connectivity index (χ2v) is 28.2. The maximum Gasteiger partial charge on any atom is 0.143 e. The van der Waals surface area contributed by atoms with Crippen LogP contribution in [0.1, 0.15) is 31.6 Å². The molecule has 0 spiro atoms. The van der Waals surface area contributed by atoms with Crippen molar-refractivity contribution in [1.29, 1.82) is 0 Å². The lowest BCUT2D eigenvalue weighted by Crippen LogP contribution is -1.92. The third kappa shape index (κ3) is 10.3. The molecule has 2 nitrogen and oxygen atoms in total. The van der Waals surface area contributed by atoms with E-state index in [4.69, 9.17) is 34.9 Å². The van der Waals surface area contributed by atoms with Gasteiger partial charge in [0.05, 0.1) is 26.0 Å². The molecule has 0 aliphatic rings. The Morgan fingerprint density at radius 2 is 0.586 bits per heavy atom. The number of rotatable bonds is 8. The van der Waals surface area contributed by atoms with Crippen molar-refractivity contribution in [3.8, 4) is 89.0 Å². The standard InChI is InChI=1S/C56H34O.C53H34O/c1-2-16-36(17-3-1)53-46-22-8-10-24-48(46)54(49-25-11-9-23-47(49)53)51-34-38-33-37(31-32-40(38)42-20-6-7-21-44(42)51)41-26-13-29-50-55-45(28-14-30-52(55)57-56(41)50)43-27-12-18-35-15-4-5-19-39(35)43;1-33-26-28-41-47(30-33)38-29-27-36(40-23-12-24-46-52-39(34-14-4-2-5-15-34)22-13-25-49(52)54-53(40)46)31-37(38)32-48(41)51-44-20-10-8-18-42(44)50(35-16-6-3-7-17-35)43-19-9-11-21-45(43)51/h1-34H;2-32H,1H3/i1D,2D,3D,4D,5D,12D,16D,17D,27D;2D,3D,4D,5D,6D,7D,14D,15D,16D,17D. The Bertz CT molecular complexity index is 8820. The fourth-order valence-corrected chi connectivity index (χ4v) is 17.4. The number of para-hydroxylation sites is 2. The number of furan rings is 2. The highest BCUT2D eigenvalue weighted by atomic mass is 16.3. The Morgan fingerprint density at radius 1 is 0.198 bits per heavy atom. The van der Waals surface area contributed by atoms with Gasteiger partial charge in [-0.15, -0.1) is 0 Å². The monoisotopic (exact) mass is 1430 g/mol. The average Bonchev–Trinajstić information content (AvgIpc) is 0.975. The lowest BCUT2D eigenvalue weighted by atomic mass is 9.83. The van der Waals surface area contributed by atoms with E-state index in [9.17, 15) is 0 Å². The van der Waals surface area contributed by atoms with Gasteiger partial charge in [0.1, 0.15) is 22.3 Å². The molecule has 0 N–H and O–H groups in total. The van der Waals surface area contributed by atoms with Crippen LogP contribution in [0.5, 0.6) is 0 Å². The van der Waals surface area contributed by atoms with Gasteiger partial charge >= 0.3 is 0 Å². The first-order valence-electron chi connectivity index (χ1n) is 46.3. The summed E-state index contributed by atoms with van der Waals surface area (Å²) in [6.07, 6.45) is 0. The summed E-state index contributed by atoms with van der Waals surface area (Å²) < 4.78 is 177. The topological polar surface area (TPSA) is 26.3 Å². The number of hydrogen-bond donors (Lipinski definition) is 0. The molecule has 0 saturated carbocycles. The normalized spacial score (nSPS) is 14.2. The molecule has 0 atom stereocenters. The number of hydrogen-bond acceptors (Lipinski definition) is 2. The zero-order chi connectivity index (χ0) is 89.7. The Kier molecular flexibility index (Phi) is 11.0. The van der Waals surface area contributed by atoms with Gasteiger partial charge in [-0.2, -0.15) is 0 Å². The van der Waals surface area contributed by atoms with E-state index in [1.54, 1.807) is 30.3 Å². The van der Waals surface area contributed by atoms with Gasteiger partial charge in [-0.25, -0.2) is 0 Å². The lowest BCUT2D eigenvalue weighted by molar-refractivity contribution is 0.669. The van der Waals surface area contributed by atoms with Crippen LogP contribution in [-0.2, 0) is 0 Å². The molecular weight excluding hydrogens is 1340 g/mol.